The molecule has 4 aromatic carbocycles. The molecule has 0 spiro atoms. The molecular weight excluding hydrogens is 471 g/mol. The van der Waals surface area contributed by atoms with Crippen molar-refractivity contribution < 1.29 is 23.5 Å². The fraction of sp³-hybridized carbons (Fsp3) is 0.100. The average Bonchev–Trinajstić information content (AvgIpc) is 2.88. The SMILES string of the molecule is Cc1ccc(N2C(=O)NC(=O)/C(=C\c3c(OCc4ccc(F)cc4)ccc4ccccc34)C2=O)cc1C. The molecule has 4 aromatic rings. The first-order chi connectivity index (χ1) is 17.8. The first-order valence-corrected chi connectivity index (χ1v) is 11.7. The molecule has 7 heteroatoms. The number of aryl methyl sites for hydroxylation is 2. The van der Waals surface area contributed by atoms with Crippen LogP contribution >= 0.6 is 0 Å². The van der Waals surface area contributed by atoms with Gasteiger partial charge in [0.25, 0.3) is 11.8 Å². The molecule has 0 atom stereocenters. The number of halogens is 1. The third kappa shape index (κ3) is 4.71. The molecule has 0 saturated carbocycles. The van der Waals surface area contributed by atoms with Crippen molar-refractivity contribution in [3.05, 3.63) is 113 Å². The molecule has 1 aliphatic heterocycles. The number of carbonyl (C=O) groups is 3. The zero-order chi connectivity index (χ0) is 26.1. The van der Waals surface area contributed by atoms with Gasteiger partial charge in [-0.2, -0.15) is 0 Å². The minimum atomic E-state index is -0.805. The van der Waals surface area contributed by atoms with Crippen molar-refractivity contribution in [2.75, 3.05) is 4.90 Å². The number of fused-ring (bicyclic) bond motifs is 1. The van der Waals surface area contributed by atoms with Crippen molar-refractivity contribution in [2.24, 2.45) is 0 Å². The molecule has 5 rings (SSSR count). The van der Waals surface area contributed by atoms with Gasteiger partial charge in [0.2, 0.25) is 0 Å². The Bertz CT molecular complexity index is 1590. The smallest absolute Gasteiger partial charge is 0.335 e. The van der Waals surface area contributed by atoms with E-state index in [0.717, 1.165) is 32.4 Å². The van der Waals surface area contributed by atoms with Crippen LogP contribution in [0.15, 0.2) is 84.4 Å². The second-order valence-electron chi connectivity index (χ2n) is 8.84. The normalized spacial score (nSPS) is 14.8. The molecule has 0 aromatic heterocycles. The maximum absolute atomic E-state index is 13.5. The number of benzene rings is 4. The highest BCUT2D eigenvalue weighted by Gasteiger charge is 2.37. The maximum atomic E-state index is 13.5. The quantitative estimate of drug-likeness (QED) is 0.279. The Hall–Kier alpha value is -4.78. The second kappa shape index (κ2) is 9.70. The summed E-state index contributed by atoms with van der Waals surface area (Å²) in [6.45, 7) is 3.97. The van der Waals surface area contributed by atoms with Crippen LogP contribution in [0.2, 0.25) is 0 Å². The van der Waals surface area contributed by atoms with Gasteiger partial charge < -0.3 is 4.74 Å². The fourth-order valence-corrected chi connectivity index (χ4v) is 4.19. The summed E-state index contributed by atoms with van der Waals surface area (Å²) in [6, 6.07) is 21.5. The highest BCUT2D eigenvalue weighted by molar-refractivity contribution is 6.39. The molecule has 0 aliphatic carbocycles. The fourth-order valence-electron chi connectivity index (χ4n) is 4.19. The van der Waals surface area contributed by atoms with Gasteiger partial charge >= 0.3 is 6.03 Å². The number of imide groups is 2. The van der Waals surface area contributed by atoms with E-state index in [9.17, 15) is 18.8 Å². The Labute approximate surface area is 213 Å². The molecule has 0 unspecified atom stereocenters. The van der Waals surface area contributed by atoms with Crippen LogP contribution < -0.4 is 15.0 Å². The predicted molar refractivity (Wildman–Crippen MR) is 140 cm³/mol. The molecule has 6 nitrogen and oxygen atoms in total. The minimum absolute atomic E-state index is 0.155. The maximum Gasteiger partial charge on any atom is 0.335 e. The second-order valence-corrected chi connectivity index (χ2v) is 8.84. The van der Waals surface area contributed by atoms with Crippen LogP contribution in [0.1, 0.15) is 22.3 Å². The van der Waals surface area contributed by atoms with E-state index < -0.39 is 17.8 Å². The van der Waals surface area contributed by atoms with Gasteiger partial charge in [0.1, 0.15) is 23.7 Å². The number of carbonyl (C=O) groups excluding carboxylic acids is 3. The van der Waals surface area contributed by atoms with E-state index in [1.54, 1.807) is 30.3 Å². The van der Waals surface area contributed by atoms with Crippen LogP contribution in [-0.2, 0) is 16.2 Å². The molecule has 0 bridgehead atoms. The van der Waals surface area contributed by atoms with Gasteiger partial charge in [-0.1, -0.05) is 48.5 Å². The minimum Gasteiger partial charge on any atom is -0.488 e. The van der Waals surface area contributed by atoms with Gasteiger partial charge in [-0.05, 0) is 77.7 Å². The first kappa shape index (κ1) is 23.9. The van der Waals surface area contributed by atoms with Gasteiger partial charge in [-0.3, -0.25) is 14.9 Å². The van der Waals surface area contributed by atoms with Crippen molar-refractivity contribution in [2.45, 2.75) is 20.5 Å². The van der Waals surface area contributed by atoms with E-state index >= 15 is 0 Å². The number of nitrogens with one attached hydrogen (secondary N) is 1. The summed E-state index contributed by atoms with van der Waals surface area (Å²) in [6.07, 6.45) is 1.46. The number of nitrogens with zero attached hydrogens (tertiary/aromatic N) is 1. The molecule has 0 radical (unpaired) electrons. The van der Waals surface area contributed by atoms with Gasteiger partial charge in [-0.25, -0.2) is 14.1 Å². The number of barbiturate groups is 1. The van der Waals surface area contributed by atoms with Crippen LogP contribution in [-0.4, -0.2) is 17.8 Å². The van der Waals surface area contributed by atoms with E-state index in [-0.39, 0.29) is 18.0 Å². The summed E-state index contributed by atoms with van der Waals surface area (Å²) in [5, 5.41) is 3.93. The topological polar surface area (TPSA) is 75.7 Å². The molecular formula is C30H23FN2O4. The van der Waals surface area contributed by atoms with Gasteiger partial charge in [0, 0.05) is 5.56 Å². The van der Waals surface area contributed by atoms with Crippen molar-refractivity contribution in [1.82, 2.24) is 5.32 Å². The predicted octanol–water partition coefficient (Wildman–Crippen LogP) is 5.84. The molecule has 184 valence electrons. The number of hydrogen-bond donors (Lipinski definition) is 1. The van der Waals surface area contributed by atoms with E-state index in [0.29, 0.717) is 17.0 Å². The largest absolute Gasteiger partial charge is 0.488 e. The monoisotopic (exact) mass is 494 g/mol. The lowest BCUT2D eigenvalue weighted by Crippen LogP contribution is -2.54. The molecule has 37 heavy (non-hydrogen) atoms. The Morgan fingerprint density at radius 2 is 1.65 bits per heavy atom. The van der Waals surface area contributed by atoms with E-state index in [2.05, 4.69) is 5.32 Å². The molecule has 4 amide bonds. The summed E-state index contributed by atoms with van der Waals surface area (Å²) in [5.74, 6) is -1.42. The lowest BCUT2D eigenvalue weighted by Gasteiger charge is -2.27. The van der Waals surface area contributed by atoms with Gasteiger partial charge in [0.15, 0.2) is 0 Å². The van der Waals surface area contributed by atoms with E-state index in [1.807, 2.05) is 50.2 Å². The summed E-state index contributed by atoms with van der Waals surface area (Å²) in [5.41, 5.74) is 3.37. The lowest BCUT2D eigenvalue weighted by molar-refractivity contribution is -0.122. The Kier molecular flexibility index (Phi) is 6.27. The van der Waals surface area contributed by atoms with Crippen molar-refractivity contribution in [3.8, 4) is 5.75 Å². The average molecular weight is 495 g/mol. The van der Waals surface area contributed by atoms with Crippen molar-refractivity contribution >= 4 is 40.4 Å². The molecule has 1 saturated heterocycles. The third-order valence-electron chi connectivity index (χ3n) is 6.38. The summed E-state index contributed by atoms with van der Waals surface area (Å²) >= 11 is 0. The van der Waals surface area contributed by atoms with Crippen molar-refractivity contribution in [1.29, 1.82) is 0 Å². The molecule has 1 aliphatic rings. The Morgan fingerprint density at radius 1 is 0.892 bits per heavy atom. The third-order valence-corrected chi connectivity index (χ3v) is 6.38. The zero-order valence-electron chi connectivity index (χ0n) is 20.2. The molecule has 1 heterocycles. The van der Waals surface area contributed by atoms with Crippen LogP contribution in [0.5, 0.6) is 5.75 Å². The Morgan fingerprint density at radius 3 is 2.41 bits per heavy atom. The number of ether oxygens (including phenoxy) is 1. The van der Waals surface area contributed by atoms with Crippen LogP contribution in [0.3, 0.4) is 0 Å². The molecule has 1 fully saturated rings. The van der Waals surface area contributed by atoms with Gasteiger partial charge in [-0.15, -0.1) is 0 Å². The summed E-state index contributed by atoms with van der Waals surface area (Å²) in [4.78, 5) is 40.0. The van der Waals surface area contributed by atoms with E-state index in [1.165, 1.54) is 18.2 Å². The van der Waals surface area contributed by atoms with Crippen LogP contribution in [0.4, 0.5) is 14.9 Å². The van der Waals surface area contributed by atoms with Crippen LogP contribution in [0, 0.1) is 19.7 Å². The number of anilines is 1. The number of rotatable bonds is 5. The first-order valence-electron chi connectivity index (χ1n) is 11.7. The van der Waals surface area contributed by atoms with Gasteiger partial charge in [0.05, 0.1) is 5.69 Å². The standard InChI is InChI=1S/C30H23FN2O4/c1-18-7-13-23(15-19(18)2)33-29(35)26(28(34)32-30(33)36)16-25-24-6-4-3-5-21(24)10-14-27(25)37-17-20-8-11-22(31)12-9-20/h3-16H,17H2,1-2H3,(H,32,34,36)/b26-16+. The number of hydrogen-bond acceptors (Lipinski definition) is 4. The number of urea groups is 1. The molecule has 1 N–H and O–H groups in total. The highest BCUT2D eigenvalue weighted by atomic mass is 19.1. The number of amides is 4. The summed E-state index contributed by atoms with van der Waals surface area (Å²) in [7, 11) is 0. The Balaban J connectivity index is 1.58. The summed E-state index contributed by atoms with van der Waals surface area (Å²) < 4.78 is 19.4. The van der Waals surface area contributed by atoms with Crippen molar-refractivity contribution in [3.63, 3.8) is 0 Å². The zero-order valence-corrected chi connectivity index (χ0v) is 20.2. The lowest BCUT2D eigenvalue weighted by atomic mass is 9.99. The highest BCUT2D eigenvalue weighted by Crippen LogP contribution is 2.32. The van der Waals surface area contributed by atoms with E-state index in [4.69, 9.17) is 4.74 Å². The van der Waals surface area contributed by atoms with Crippen LogP contribution in [0.25, 0.3) is 16.8 Å².